The minimum Gasteiger partial charge on any atom is -0.481 e. The zero-order chi connectivity index (χ0) is 13.5. The number of nitrogens with one attached hydrogen (secondary N) is 1. The average molecular weight is 264 g/mol. The van der Waals surface area contributed by atoms with Crippen molar-refractivity contribution < 1.29 is 9.47 Å². The molecule has 0 radical (unpaired) electrons. The molecule has 0 saturated carbocycles. The van der Waals surface area contributed by atoms with Gasteiger partial charge in [0.2, 0.25) is 17.7 Å². The molecule has 0 aliphatic heterocycles. The summed E-state index contributed by atoms with van der Waals surface area (Å²) >= 11 is 0. The van der Waals surface area contributed by atoms with Crippen LogP contribution in [0.3, 0.4) is 0 Å². The Kier molecular flexibility index (Phi) is 4.49. The second-order valence-corrected chi connectivity index (χ2v) is 3.72. The van der Waals surface area contributed by atoms with Gasteiger partial charge in [-0.3, -0.25) is 4.68 Å². The molecule has 0 saturated heterocycles. The fraction of sp³-hybridized carbons (Fsp3) is 0.455. The number of methoxy groups -OCH3 is 2. The molecule has 0 unspecified atom stereocenters. The maximum Gasteiger partial charge on any atom is 0.229 e. The van der Waals surface area contributed by atoms with Gasteiger partial charge in [0.1, 0.15) is 0 Å². The average Bonchev–Trinajstić information content (AvgIpc) is 2.96. The normalized spacial score (nSPS) is 10.2. The number of ether oxygens (including phenoxy) is 2. The van der Waals surface area contributed by atoms with Crippen molar-refractivity contribution in [1.82, 2.24) is 25.0 Å². The highest BCUT2D eigenvalue weighted by Gasteiger charge is 2.04. The number of hydrogen-bond donors (Lipinski definition) is 1. The van der Waals surface area contributed by atoms with Crippen LogP contribution in [0.15, 0.2) is 18.5 Å². The minimum atomic E-state index is 0.464. The summed E-state index contributed by atoms with van der Waals surface area (Å²) in [6, 6.07) is 1.63. The molecule has 19 heavy (non-hydrogen) atoms. The molecular weight excluding hydrogens is 248 g/mol. The van der Waals surface area contributed by atoms with Crippen LogP contribution in [0.1, 0.15) is 6.42 Å². The largest absolute Gasteiger partial charge is 0.481 e. The number of nitrogens with zero attached hydrogens (tertiary/aromatic N) is 5. The highest BCUT2D eigenvalue weighted by Crippen LogP contribution is 2.17. The molecule has 0 spiro atoms. The van der Waals surface area contributed by atoms with Crippen molar-refractivity contribution in [2.75, 3.05) is 26.1 Å². The maximum atomic E-state index is 5.07. The van der Waals surface area contributed by atoms with Crippen LogP contribution in [-0.2, 0) is 6.54 Å². The Morgan fingerprint density at radius 2 is 1.95 bits per heavy atom. The molecule has 1 N–H and O–H groups in total. The predicted octanol–water partition coefficient (Wildman–Crippen LogP) is 0.587. The lowest BCUT2D eigenvalue weighted by Gasteiger charge is -2.08. The third-order valence-electron chi connectivity index (χ3n) is 2.42. The highest BCUT2D eigenvalue weighted by molar-refractivity contribution is 5.33. The Labute approximate surface area is 110 Å². The Morgan fingerprint density at radius 1 is 1.21 bits per heavy atom. The zero-order valence-corrected chi connectivity index (χ0v) is 10.9. The molecule has 0 aliphatic rings. The van der Waals surface area contributed by atoms with Crippen molar-refractivity contribution in [2.24, 2.45) is 0 Å². The second-order valence-electron chi connectivity index (χ2n) is 3.72. The van der Waals surface area contributed by atoms with Crippen molar-refractivity contribution in [3.63, 3.8) is 0 Å². The molecule has 102 valence electrons. The molecule has 0 aromatic carbocycles. The molecule has 0 atom stereocenters. The van der Waals surface area contributed by atoms with Gasteiger partial charge in [0.05, 0.1) is 26.5 Å². The fourth-order valence-electron chi connectivity index (χ4n) is 1.49. The number of hydrogen-bond acceptors (Lipinski definition) is 7. The van der Waals surface area contributed by atoms with Gasteiger partial charge in [0.25, 0.3) is 0 Å². The number of anilines is 1. The summed E-state index contributed by atoms with van der Waals surface area (Å²) in [7, 11) is 3.10. The van der Waals surface area contributed by atoms with Gasteiger partial charge in [-0.2, -0.15) is 9.97 Å². The topological polar surface area (TPSA) is 87.0 Å². The van der Waals surface area contributed by atoms with E-state index in [4.69, 9.17) is 9.47 Å². The first-order valence-corrected chi connectivity index (χ1v) is 5.87. The van der Waals surface area contributed by atoms with Crippen molar-refractivity contribution in [2.45, 2.75) is 13.0 Å². The van der Waals surface area contributed by atoms with E-state index in [1.807, 2.05) is 6.20 Å². The summed E-state index contributed by atoms with van der Waals surface area (Å²) in [6.07, 6.45) is 4.36. The van der Waals surface area contributed by atoms with Gasteiger partial charge in [-0.25, -0.2) is 0 Å². The van der Waals surface area contributed by atoms with Gasteiger partial charge in [-0.05, 0) is 6.42 Å². The van der Waals surface area contributed by atoms with E-state index in [1.54, 1.807) is 31.2 Å². The Bertz CT molecular complexity index is 480. The molecule has 2 aromatic rings. The van der Waals surface area contributed by atoms with Gasteiger partial charge < -0.3 is 14.8 Å². The molecular formula is C11H16N6O2. The summed E-state index contributed by atoms with van der Waals surface area (Å²) < 4.78 is 11.9. The summed E-state index contributed by atoms with van der Waals surface area (Å²) in [5, 5.41) is 10.7. The van der Waals surface area contributed by atoms with Crippen LogP contribution in [0.4, 0.5) is 5.95 Å². The Hall–Kier alpha value is -2.38. The van der Waals surface area contributed by atoms with Crippen LogP contribution < -0.4 is 14.8 Å². The quantitative estimate of drug-likeness (QED) is 0.732. The summed E-state index contributed by atoms with van der Waals surface area (Å²) in [5.74, 6) is 1.41. The van der Waals surface area contributed by atoms with Crippen molar-refractivity contribution in [3.05, 3.63) is 18.5 Å². The van der Waals surface area contributed by atoms with Crippen LogP contribution >= 0.6 is 0 Å². The van der Waals surface area contributed by atoms with Gasteiger partial charge in [0, 0.05) is 19.3 Å². The van der Waals surface area contributed by atoms with Crippen LogP contribution in [0, 0.1) is 0 Å². The van der Waals surface area contributed by atoms with Gasteiger partial charge in [-0.1, -0.05) is 5.21 Å². The van der Waals surface area contributed by atoms with Crippen molar-refractivity contribution in [3.8, 4) is 11.8 Å². The predicted molar refractivity (Wildman–Crippen MR) is 68.3 cm³/mol. The minimum absolute atomic E-state index is 0.464. The molecule has 0 bridgehead atoms. The first-order valence-electron chi connectivity index (χ1n) is 5.87. The van der Waals surface area contributed by atoms with Gasteiger partial charge >= 0.3 is 0 Å². The van der Waals surface area contributed by atoms with E-state index in [1.165, 1.54) is 0 Å². The van der Waals surface area contributed by atoms with E-state index in [2.05, 4.69) is 25.6 Å². The lowest BCUT2D eigenvalue weighted by Crippen LogP contribution is -2.10. The molecule has 8 nitrogen and oxygen atoms in total. The van der Waals surface area contributed by atoms with Crippen molar-refractivity contribution in [1.29, 1.82) is 0 Å². The molecule has 8 heteroatoms. The summed E-state index contributed by atoms with van der Waals surface area (Å²) in [6.45, 7) is 1.50. The lowest BCUT2D eigenvalue weighted by atomic mass is 10.4. The Morgan fingerprint density at radius 3 is 2.53 bits per heavy atom. The molecule has 2 aromatic heterocycles. The molecule has 2 heterocycles. The standard InChI is InChI=1S/C11H16N6O2/c1-18-9-8-10(19-2)15-11(14-9)12-4-3-6-17-7-5-13-16-17/h5,7-8H,3-4,6H2,1-2H3,(H,12,14,15). The highest BCUT2D eigenvalue weighted by atomic mass is 16.5. The first kappa shape index (κ1) is 13.1. The van der Waals surface area contributed by atoms with Crippen LogP contribution in [0.2, 0.25) is 0 Å². The van der Waals surface area contributed by atoms with Gasteiger partial charge in [-0.15, -0.1) is 5.10 Å². The van der Waals surface area contributed by atoms with E-state index >= 15 is 0 Å². The number of aryl methyl sites for hydroxylation is 1. The Balaban J connectivity index is 1.84. The third-order valence-corrected chi connectivity index (χ3v) is 2.42. The van der Waals surface area contributed by atoms with Crippen LogP contribution in [-0.4, -0.2) is 45.7 Å². The van der Waals surface area contributed by atoms with Crippen LogP contribution in [0.25, 0.3) is 0 Å². The fourth-order valence-corrected chi connectivity index (χ4v) is 1.49. The van der Waals surface area contributed by atoms with E-state index in [0.717, 1.165) is 19.5 Å². The smallest absolute Gasteiger partial charge is 0.229 e. The number of aromatic nitrogens is 5. The monoisotopic (exact) mass is 264 g/mol. The van der Waals surface area contributed by atoms with Gasteiger partial charge in [0.15, 0.2) is 0 Å². The molecule has 0 fully saturated rings. The summed E-state index contributed by atoms with van der Waals surface area (Å²) in [5.41, 5.74) is 0. The second kappa shape index (κ2) is 6.53. The van der Waals surface area contributed by atoms with Crippen molar-refractivity contribution >= 4 is 5.95 Å². The van der Waals surface area contributed by atoms with E-state index in [0.29, 0.717) is 17.7 Å². The van der Waals surface area contributed by atoms with Crippen LogP contribution in [0.5, 0.6) is 11.8 Å². The molecule has 0 amide bonds. The molecule has 0 aliphatic carbocycles. The first-order chi connectivity index (χ1) is 9.31. The SMILES string of the molecule is COc1cc(OC)nc(NCCCn2ccnn2)n1. The summed E-state index contributed by atoms with van der Waals surface area (Å²) in [4.78, 5) is 8.35. The van der Waals surface area contributed by atoms with E-state index < -0.39 is 0 Å². The molecule has 2 rings (SSSR count). The third kappa shape index (κ3) is 3.80. The number of rotatable bonds is 7. The van der Waals surface area contributed by atoms with E-state index in [-0.39, 0.29) is 0 Å². The lowest BCUT2D eigenvalue weighted by molar-refractivity contribution is 0.372. The van der Waals surface area contributed by atoms with E-state index in [9.17, 15) is 0 Å². The maximum absolute atomic E-state index is 5.07. The zero-order valence-electron chi connectivity index (χ0n) is 10.9.